The van der Waals surface area contributed by atoms with E-state index in [0.717, 1.165) is 24.2 Å². The quantitative estimate of drug-likeness (QED) is 0.776. The van der Waals surface area contributed by atoms with E-state index < -0.39 is 0 Å². The molecule has 0 amide bonds. The highest BCUT2D eigenvalue weighted by Crippen LogP contribution is 2.31. The molecule has 0 bridgehead atoms. The lowest BCUT2D eigenvalue weighted by Crippen LogP contribution is -2.51. The molecule has 0 aromatic rings. The van der Waals surface area contributed by atoms with Gasteiger partial charge >= 0.3 is 0 Å². The number of hydrogen-bond donors (Lipinski definition) is 1. The maximum Gasteiger partial charge on any atom is 0.0102 e. The molecule has 2 aliphatic rings. The maximum absolute atomic E-state index is 3.43. The van der Waals surface area contributed by atoms with Gasteiger partial charge in [-0.25, -0.2) is 0 Å². The van der Waals surface area contributed by atoms with Gasteiger partial charge in [-0.3, -0.25) is 4.90 Å². The highest BCUT2D eigenvalue weighted by atomic mass is 15.2. The molecule has 2 heteroatoms. The van der Waals surface area contributed by atoms with E-state index in [1.165, 1.54) is 44.9 Å². The van der Waals surface area contributed by atoms with Crippen molar-refractivity contribution in [3.05, 3.63) is 0 Å². The van der Waals surface area contributed by atoms with Crippen LogP contribution in [0.15, 0.2) is 0 Å². The number of nitrogens with one attached hydrogen (secondary N) is 1. The minimum atomic E-state index is 0.784. The second-order valence-corrected chi connectivity index (χ2v) is 5.87. The molecule has 1 saturated heterocycles. The third-order valence-electron chi connectivity index (χ3n) is 4.79. The van der Waals surface area contributed by atoms with Crippen LogP contribution in [-0.4, -0.2) is 36.1 Å². The number of nitrogens with zero attached hydrogens (tertiary/aromatic N) is 1. The van der Waals surface area contributed by atoms with Crippen molar-refractivity contribution in [2.24, 2.45) is 0 Å². The maximum atomic E-state index is 3.43. The average Bonchev–Trinajstić information content (AvgIpc) is 2.30. The van der Waals surface area contributed by atoms with Crippen LogP contribution in [0.1, 0.15) is 58.8 Å². The van der Waals surface area contributed by atoms with Crippen molar-refractivity contribution in [3.8, 4) is 0 Å². The summed E-state index contributed by atoms with van der Waals surface area (Å²) < 4.78 is 0. The molecule has 2 rings (SSSR count). The topological polar surface area (TPSA) is 15.3 Å². The Labute approximate surface area is 101 Å². The summed E-state index contributed by atoms with van der Waals surface area (Å²) in [6.45, 7) is 4.86. The highest BCUT2D eigenvalue weighted by molar-refractivity contribution is 4.89. The smallest absolute Gasteiger partial charge is 0.0102 e. The van der Waals surface area contributed by atoms with Crippen LogP contribution < -0.4 is 5.32 Å². The van der Waals surface area contributed by atoms with Gasteiger partial charge in [0.05, 0.1) is 0 Å². The predicted octanol–water partition coefficient (Wildman–Crippen LogP) is 2.78. The summed E-state index contributed by atoms with van der Waals surface area (Å²) in [5, 5.41) is 3.43. The van der Waals surface area contributed by atoms with Gasteiger partial charge in [-0.1, -0.05) is 6.42 Å². The molecular formula is C14H28N2. The predicted molar refractivity (Wildman–Crippen MR) is 69.7 cm³/mol. The first kappa shape index (κ1) is 12.4. The summed E-state index contributed by atoms with van der Waals surface area (Å²) in [6.07, 6.45) is 9.81. The van der Waals surface area contributed by atoms with Crippen LogP contribution in [0.4, 0.5) is 0 Å². The Morgan fingerprint density at radius 2 is 1.44 bits per heavy atom. The molecule has 2 nitrogen and oxygen atoms in total. The normalized spacial score (nSPS) is 42.2. The molecule has 0 spiro atoms. The molecule has 0 aromatic carbocycles. The largest absolute Gasteiger partial charge is 0.317 e. The molecule has 0 aromatic heterocycles. The van der Waals surface area contributed by atoms with Crippen LogP contribution in [0.2, 0.25) is 0 Å². The summed E-state index contributed by atoms with van der Waals surface area (Å²) in [6, 6.07) is 3.29. The van der Waals surface area contributed by atoms with Gasteiger partial charge in [0.2, 0.25) is 0 Å². The van der Waals surface area contributed by atoms with Crippen LogP contribution in [0.25, 0.3) is 0 Å². The molecule has 2 atom stereocenters. The zero-order chi connectivity index (χ0) is 11.5. The molecule has 2 fully saturated rings. The molecule has 0 unspecified atom stereocenters. The third-order valence-corrected chi connectivity index (χ3v) is 4.79. The third kappa shape index (κ3) is 2.60. The van der Waals surface area contributed by atoms with E-state index >= 15 is 0 Å². The van der Waals surface area contributed by atoms with Crippen molar-refractivity contribution in [1.29, 1.82) is 0 Å². The molecule has 16 heavy (non-hydrogen) atoms. The van der Waals surface area contributed by atoms with Crippen molar-refractivity contribution in [1.82, 2.24) is 10.2 Å². The zero-order valence-electron chi connectivity index (χ0n) is 11.2. The summed E-state index contributed by atoms with van der Waals surface area (Å²) in [5.74, 6) is 0. The fourth-order valence-corrected chi connectivity index (χ4v) is 3.82. The molecule has 1 heterocycles. The summed E-state index contributed by atoms with van der Waals surface area (Å²) in [5.41, 5.74) is 0. The number of likely N-dealkylation sites (tertiary alicyclic amines) is 1. The number of rotatable bonds is 2. The Morgan fingerprint density at radius 3 is 1.94 bits per heavy atom. The van der Waals surface area contributed by atoms with Gasteiger partial charge in [0, 0.05) is 24.2 Å². The first-order chi connectivity index (χ1) is 7.72. The lowest BCUT2D eigenvalue weighted by molar-refractivity contribution is 0.0335. The van der Waals surface area contributed by atoms with E-state index in [2.05, 4.69) is 31.1 Å². The Kier molecular flexibility index (Phi) is 4.26. The number of piperidine rings is 1. The van der Waals surface area contributed by atoms with Crippen LogP contribution in [0.3, 0.4) is 0 Å². The van der Waals surface area contributed by atoms with Crippen molar-refractivity contribution in [2.45, 2.75) is 83.0 Å². The zero-order valence-corrected chi connectivity index (χ0v) is 11.2. The average molecular weight is 224 g/mol. The van der Waals surface area contributed by atoms with Gasteiger partial charge < -0.3 is 5.32 Å². The lowest BCUT2D eigenvalue weighted by atomic mass is 9.86. The standard InChI is InChI=1S/C14H28N2/c1-11-5-4-6-12(2)16(11)14-9-7-13(15-3)8-10-14/h11-15H,4-10H2,1-3H3/t11-,12+,13?,14?. The molecule has 0 radical (unpaired) electrons. The van der Waals surface area contributed by atoms with E-state index in [1.54, 1.807) is 0 Å². The summed E-state index contributed by atoms with van der Waals surface area (Å²) >= 11 is 0. The Morgan fingerprint density at radius 1 is 0.875 bits per heavy atom. The second kappa shape index (κ2) is 5.50. The van der Waals surface area contributed by atoms with Gasteiger partial charge in [0.1, 0.15) is 0 Å². The fraction of sp³-hybridized carbons (Fsp3) is 1.00. The lowest BCUT2D eigenvalue weighted by Gasteiger charge is -2.46. The van der Waals surface area contributed by atoms with Gasteiger partial charge in [-0.2, -0.15) is 0 Å². The summed E-state index contributed by atoms with van der Waals surface area (Å²) in [4.78, 5) is 2.83. The molecular weight excluding hydrogens is 196 g/mol. The van der Waals surface area contributed by atoms with Gasteiger partial charge in [0.25, 0.3) is 0 Å². The van der Waals surface area contributed by atoms with Gasteiger partial charge in [-0.15, -0.1) is 0 Å². The fourth-order valence-electron chi connectivity index (χ4n) is 3.82. The first-order valence-corrected chi connectivity index (χ1v) is 7.17. The first-order valence-electron chi connectivity index (χ1n) is 7.17. The van der Waals surface area contributed by atoms with E-state index in [1.807, 2.05) is 0 Å². The van der Waals surface area contributed by atoms with E-state index in [9.17, 15) is 0 Å². The molecule has 1 N–H and O–H groups in total. The number of hydrogen-bond acceptors (Lipinski definition) is 2. The molecule has 1 aliphatic carbocycles. The van der Waals surface area contributed by atoms with Crippen molar-refractivity contribution < 1.29 is 0 Å². The van der Waals surface area contributed by atoms with E-state index in [4.69, 9.17) is 0 Å². The SMILES string of the molecule is CNC1CCC(N2[C@H](C)CCC[C@@H]2C)CC1. The Balaban J connectivity index is 1.91. The van der Waals surface area contributed by atoms with E-state index in [-0.39, 0.29) is 0 Å². The van der Waals surface area contributed by atoms with Crippen molar-refractivity contribution in [3.63, 3.8) is 0 Å². The van der Waals surface area contributed by atoms with Crippen LogP contribution in [-0.2, 0) is 0 Å². The van der Waals surface area contributed by atoms with Crippen molar-refractivity contribution in [2.75, 3.05) is 7.05 Å². The van der Waals surface area contributed by atoms with Crippen LogP contribution in [0, 0.1) is 0 Å². The monoisotopic (exact) mass is 224 g/mol. The Bertz CT molecular complexity index is 199. The minimum absolute atomic E-state index is 0.784. The minimum Gasteiger partial charge on any atom is -0.317 e. The molecule has 1 saturated carbocycles. The van der Waals surface area contributed by atoms with Gasteiger partial charge in [-0.05, 0) is 59.4 Å². The van der Waals surface area contributed by atoms with Crippen LogP contribution >= 0.6 is 0 Å². The van der Waals surface area contributed by atoms with Gasteiger partial charge in [0.15, 0.2) is 0 Å². The molecule has 94 valence electrons. The highest BCUT2D eigenvalue weighted by Gasteiger charge is 2.33. The van der Waals surface area contributed by atoms with Crippen LogP contribution in [0.5, 0.6) is 0 Å². The summed E-state index contributed by atoms with van der Waals surface area (Å²) in [7, 11) is 2.11. The Hall–Kier alpha value is -0.0800. The molecule has 1 aliphatic heterocycles. The second-order valence-electron chi connectivity index (χ2n) is 5.87. The van der Waals surface area contributed by atoms with E-state index in [0.29, 0.717) is 0 Å². The van der Waals surface area contributed by atoms with Crippen molar-refractivity contribution >= 4 is 0 Å².